The number of rotatable bonds is 4. The Kier molecular flexibility index (Phi) is 3.06. The molecule has 1 N–H and O–H groups in total. The van der Waals surface area contributed by atoms with Crippen molar-refractivity contribution in [3.05, 3.63) is 42.2 Å². The van der Waals surface area contributed by atoms with Crippen LogP contribution in [0.1, 0.15) is 38.8 Å². The van der Waals surface area contributed by atoms with Gasteiger partial charge in [-0.2, -0.15) is 0 Å². The standard InChI is InChI=1S/C17H22N2/c1-4-19-16(15-10-17(15,2)3)13-7-5-6-12-8-9-18-11-14(12)13/h5-9,11,15-16,19H,4,10H2,1-3H3. The van der Waals surface area contributed by atoms with E-state index < -0.39 is 0 Å². The minimum atomic E-state index is 0.452. The molecular weight excluding hydrogens is 232 g/mol. The quantitative estimate of drug-likeness (QED) is 0.894. The number of benzene rings is 1. The highest BCUT2D eigenvalue weighted by molar-refractivity contribution is 5.85. The minimum Gasteiger partial charge on any atom is -0.310 e. The van der Waals surface area contributed by atoms with E-state index in [1.807, 2.05) is 12.4 Å². The van der Waals surface area contributed by atoms with Gasteiger partial charge in [-0.25, -0.2) is 0 Å². The molecule has 1 heterocycles. The van der Waals surface area contributed by atoms with E-state index in [0.29, 0.717) is 11.5 Å². The molecule has 0 amide bonds. The fraction of sp³-hybridized carbons (Fsp3) is 0.471. The van der Waals surface area contributed by atoms with Gasteiger partial charge < -0.3 is 5.32 Å². The third kappa shape index (κ3) is 2.25. The predicted molar refractivity (Wildman–Crippen MR) is 80.0 cm³/mol. The average molecular weight is 254 g/mol. The monoisotopic (exact) mass is 254 g/mol. The number of fused-ring (bicyclic) bond motifs is 1. The number of pyridine rings is 1. The molecule has 2 nitrogen and oxygen atoms in total. The van der Waals surface area contributed by atoms with E-state index in [-0.39, 0.29) is 0 Å². The first-order valence-electron chi connectivity index (χ1n) is 7.19. The van der Waals surface area contributed by atoms with Gasteiger partial charge in [-0.05, 0) is 41.3 Å². The summed E-state index contributed by atoms with van der Waals surface area (Å²) in [5, 5.41) is 6.26. The Hall–Kier alpha value is -1.41. The number of aromatic nitrogens is 1. The van der Waals surface area contributed by atoms with E-state index in [1.165, 1.54) is 22.8 Å². The van der Waals surface area contributed by atoms with Gasteiger partial charge in [0.1, 0.15) is 0 Å². The van der Waals surface area contributed by atoms with Crippen LogP contribution in [0.3, 0.4) is 0 Å². The summed E-state index contributed by atoms with van der Waals surface area (Å²) in [6.07, 6.45) is 5.18. The Morgan fingerprint density at radius 2 is 2.16 bits per heavy atom. The molecular formula is C17H22N2. The zero-order chi connectivity index (χ0) is 13.5. The smallest absolute Gasteiger partial charge is 0.0360 e. The fourth-order valence-corrected chi connectivity index (χ4v) is 3.17. The van der Waals surface area contributed by atoms with E-state index >= 15 is 0 Å². The second kappa shape index (κ2) is 4.61. The average Bonchev–Trinajstić information content (AvgIpc) is 3.04. The molecule has 3 rings (SSSR count). The van der Waals surface area contributed by atoms with Crippen LogP contribution in [0, 0.1) is 11.3 Å². The van der Waals surface area contributed by atoms with Gasteiger partial charge in [0.25, 0.3) is 0 Å². The molecule has 19 heavy (non-hydrogen) atoms. The maximum atomic E-state index is 4.30. The lowest BCUT2D eigenvalue weighted by molar-refractivity contribution is 0.425. The van der Waals surface area contributed by atoms with Crippen LogP contribution in [0.5, 0.6) is 0 Å². The van der Waals surface area contributed by atoms with Crippen molar-refractivity contribution in [1.82, 2.24) is 10.3 Å². The molecule has 0 spiro atoms. The Balaban J connectivity index is 2.05. The van der Waals surface area contributed by atoms with E-state index in [0.717, 1.165) is 12.5 Å². The van der Waals surface area contributed by atoms with Gasteiger partial charge in [0.15, 0.2) is 0 Å². The van der Waals surface area contributed by atoms with Crippen molar-refractivity contribution in [3.8, 4) is 0 Å². The van der Waals surface area contributed by atoms with Crippen LogP contribution in [0.2, 0.25) is 0 Å². The third-order valence-electron chi connectivity index (χ3n) is 4.47. The topological polar surface area (TPSA) is 24.9 Å². The van der Waals surface area contributed by atoms with Crippen LogP contribution in [-0.4, -0.2) is 11.5 Å². The minimum absolute atomic E-state index is 0.452. The molecule has 0 saturated heterocycles. The first kappa shape index (κ1) is 12.6. The zero-order valence-corrected chi connectivity index (χ0v) is 12.0. The molecule has 0 radical (unpaired) electrons. The molecule has 2 atom stereocenters. The van der Waals surface area contributed by atoms with Crippen molar-refractivity contribution < 1.29 is 0 Å². The summed E-state index contributed by atoms with van der Waals surface area (Å²) in [5.41, 5.74) is 1.88. The van der Waals surface area contributed by atoms with Gasteiger partial charge in [-0.15, -0.1) is 0 Å². The van der Waals surface area contributed by atoms with Crippen molar-refractivity contribution in [3.63, 3.8) is 0 Å². The molecule has 2 heteroatoms. The lowest BCUT2D eigenvalue weighted by Gasteiger charge is -2.21. The maximum absolute atomic E-state index is 4.30. The lowest BCUT2D eigenvalue weighted by Crippen LogP contribution is -2.24. The number of hydrogen-bond donors (Lipinski definition) is 1. The molecule has 2 unspecified atom stereocenters. The van der Waals surface area contributed by atoms with E-state index in [2.05, 4.69) is 55.3 Å². The van der Waals surface area contributed by atoms with E-state index in [4.69, 9.17) is 0 Å². The van der Waals surface area contributed by atoms with Crippen LogP contribution < -0.4 is 5.32 Å². The molecule has 1 saturated carbocycles. The molecule has 1 aromatic carbocycles. The van der Waals surface area contributed by atoms with Crippen molar-refractivity contribution in [2.24, 2.45) is 11.3 Å². The van der Waals surface area contributed by atoms with Crippen LogP contribution in [0.4, 0.5) is 0 Å². The van der Waals surface area contributed by atoms with Gasteiger partial charge in [0.05, 0.1) is 0 Å². The van der Waals surface area contributed by atoms with Crippen molar-refractivity contribution >= 4 is 10.8 Å². The van der Waals surface area contributed by atoms with E-state index in [1.54, 1.807) is 0 Å². The highest BCUT2D eigenvalue weighted by Crippen LogP contribution is 2.58. The van der Waals surface area contributed by atoms with Crippen LogP contribution >= 0.6 is 0 Å². The lowest BCUT2D eigenvalue weighted by atomic mass is 9.93. The van der Waals surface area contributed by atoms with Crippen LogP contribution in [0.15, 0.2) is 36.7 Å². The van der Waals surface area contributed by atoms with Crippen LogP contribution in [0.25, 0.3) is 10.8 Å². The second-order valence-electron chi connectivity index (χ2n) is 6.28. The Bertz CT molecular complexity index is 583. The predicted octanol–water partition coefficient (Wildman–Crippen LogP) is 3.93. The largest absolute Gasteiger partial charge is 0.310 e. The highest BCUT2D eigenvalue weighted by Gasteiger charge is 2.50. The van der Waals surface area contributed by atoms with Gasteiger partial charge >= 0.3 is 0 Å². The molecule has 0 aliphatic heterocycles. The van der Waals surface area contributed by atoms with Gasteiger partial charge in [0.2, 0.25) is 0 Å². The summed E-state index contributed by atoms with van der Waals surface area (Å²) < 4.78 is 0. The van der Waals surface area contributed by atoms with Gasteiger partial charge in [-0.3, -0.25) is 4.98 Å². The number of hydrogen-bond acceptors (Lipinski definition) is 2. The molecule has 100 valence electrons. The number of nitrogens with zero attached hydrogens (tertiary/aromatic N) is 1. The highest BCUT2D eigenvalue weighted by atomic mass is 14.9. The summed E-state index contributed by atoms with van der Waals surface area (Å²) in [4.78, 5) is 4.30. The molecule has 1 fully saturated rings. The maximum Gasteiger partial charge on any atom is 0.0360 e. The molecule has 1 aromatic heterocycles. The summed E-state index contributed by atoms with van der Waals surface area (Å²) >= 11 is 0. The molecule has 1 aliphatic rings. The summed E-state index contributed by atoms with van der Waals surface area (Å²) in [6.45, 7) is 7.93. The van der Waals surface area contributed by atoms with Crippen molar-refractivity contribution in [2.45, 2.75) is 33.2 Å². The molecule has 0 bridgehead atoms. The van der Waals surface area contributed by atoms with Gasteiger partial charge in [0, 0.05) is 23.8 Å². The van der Waals surface area contributed by atoms with Crippen molar-refractivity contribution in [1.29, 1.82) is 0 Å². The molecule has 2 aromatic rings. The Morgan fingerprint density at radius 1 is 1.37 bits per heavy atom. The Labute approximate surface area is 115 Å². The van der Waals surface area contributed by atoms with Crippen molar-refractivity contribution in [2.75, 3.05) is 6.54 Å². The second-order valence-corrected chi connectivity index (χ2v) is 6.28. The summed E-state index contributed by atoms with van der Waals surface area (Å²) in [7, 11) is 0. The summed E-state index contributed by atoms with van der Waals surface area (Å²) in [6, 6.07) is 9.14. The summed E-state index contributed by atoms with van der Waals surface area (Å²) in [5.74, 6) is 0.734. The Morgan fingerprint density at radius 3 is 2.84 bits per heavy atom. The fourth-order valence-electron chi connectivity index (χ4n) is 3.17. The normalized spacial score (nSPS) is 22.4. The van der Waals surface area contributed by atoms with Crippen LogP contribution in [-0.2, 0) is 0 Å². The number of nitrogens with one attached hydrogen (secondary N) is 1. The first-order valence-corrected chi connectivity index (χ1v) is 7.19. The third-order valence-corrected chi connectivity index (χ3v) is 4.47. The zero-order valence-electron chi connectivity index (χ0n) is 12.0. The molecule has 1 aliphatic carbocycles. The van der Waals surface area contributed by atoms with E-state index in [9.17, 15) is 0 Å². The SMILES string of the molecule is CCNC(c1cccc2ccncc12)C1CC1(C)C. The van der Waals surface area contributed by atoms with Gasteiger partial charge in [-0.1, -0.05) is 39.0 Å². The first-order chi connectivity index (χ1) is 9.13.